The predicted molar refractivity (Wildman–Crippen MR) is 166 cm³/mol. The van der Waals surface area contributed by atoms with Crippen molar-refractivity contribution in [3.05, 3.63) is 143 Å². The molecule has 3 aromatic carbocycles. The van der Waals surface area contributed by atoms with Gasteiger partial charge in [0, 0.05) is 29.7 Å². The van der Waals surface area contributed by atoms with Crippen LogP contribution in [0.4, 0.5) is 0 Å². The number of aromatic nitrogens is 5. The first kappa shape index (κ1) is 27.9. The first-order chi connectivity index (χ1) is 21.1. The second-order valence-electron chi connectivity index (χ2n) is 10.5. The molecule has 3 aromatic heterocycles. The van der Waals surface area contributed by atoms with Crippen LogP contribution in [0.5, 0.6) is 5.75 Å². The van der Waals surface area contributed by atoms with Crippen LogP contribution in [0.3, 0.4) is 0 Å². The average Bonchev–Trinajstić information content (AvgIpc) is 3.66. The van der Waals surface area contributed by atoms with Crippen LogP contribution in [-0.4, -0.2) is 37.7 Å². The predicted octanol–water partition coefficient (Wildman–Crippen LogP) is 5.17. The Morgan fingerprint density at radius 1 is 0.884 bits per heavy atom. The molecule has 0 unspecified atom stereocenters. The molecule has 0 bridgehead atoms. The fraction of sp³-hybridized carbons (Fsp3) is 0.176. The van der Waals surface area contributed by atoms with Crippen LogP contribution in [-0.2, 0) is 19.4 Å². The zero-order chi connectivity index (χ0) is 29.6. The molecule has 0 aliphatic heterocycles. The molecule has 0 radical (unpaired) electrons. The van der Waals surface area contributed by atoms with Gasteiger partial charge in [-0.1, -0.05) is 66.7 Å². The summed E-state index contributed by atoms with van der Waals surface area (Å²) in [6.07, 6.45) is 4.67. The molecule has 0 aliphatic rings. The van der Waals surface area contributed by atoms with Crippen LogP contribution in [0.15, 0.2) is 109 Å². The molecule has 2 atom stereocenters. The number of aromatic amines is 1. The van der Waals surface area contributed by atoms with E-state index in [1.165, 1.54) is 0 Å². The van der Waals surface area contributed by atoms with Crippen LogP contribution in [0.25, 0.3) is 10.9 Å². The van der Waals surface area contributed by atoms with Gasteiger partial charge in [-0.25, -0.2) is 0 Å². The van der Waals surface area contributed by atoms with E-state index in [0.717, 1.165) is 33.3 Å². The van der Waals surface area contributed by atoms with E-state index in [0.29, 0.717) is 36.7 Å². The number of para-hydroxylation sites is 1. The highest BCUT2D eigenvalue weighted by atomic mass is 16.5. The topological polar surface area (TPSA) is 124 Å². The van der Waals surface area contributed by atoms with Gasteiger partial charge in [0.1, 0.15) is 11.4 Å². The van der Waals surface area contributed by atoms with E-state index < -0.39 is 12.1 Å². The molecule has 0 spiro atoms. The van der Waals surface area contributed by atoms with Crippen molar-refractivity contribution in [3.63, 3.8) is 0 Å². The van der Waals surface area contributed by atoms with Gasteiger partial charge in [0.2, 0.25) is 0 Å². The van der Waals surface area contributed by atoms with Gasteiger partial charge in [-0.2, -0.15) is 0 Å². The molecular weight excluding hydrogens is 538 g/mol. The Morgan fingerprint density at radius 2 is 1.63 bits per heavy atom. The molecular formula is C34H33N7O2. The highest BCUT2D eigenvalue weighted by Gasteiger charge is 2.27. The lowest BCUT2D eigenvalue weighted by atomic mass is 10.0. The number of nitrogens with two attached hydrogens (primary N) is 1. The molecule has 43 heavy (non-hydrogen) atoms. The number of nitrogens with one attached hydrogen (secondary N) is 2. The summed E-state index contributed by atoms with van der Waals surface area (Å²) in [4.78, 5) is 21.1. The summed E-state index contributed by atoms with van der Waals surface area (Å²) in [6, 6.07) is 30.4. The van der Waals surface area contributed by atoms with Crippen molar-refractivity contribution in [3.8, 4) is 5.75 Å². The molecule has 0 aliphatic carbocycles. The van der Waals surface area contributed by atoms with E-state index in [1.54, 1.807) is 31.5 Å². The number of carbonyl (C=O) groups is 1. The number of carbonyl (C=O) groups excluding carboxylic acids is 1. The summed E-state index contributed by atoms with van der Waals surface area (Å²) >= 11 is 0. The van der Waals surface area contributed by atoms with Crippen LogP contribution in [0.2, 0.25) is 0 Å². The van der Waals surface area contributed by atoms with E-state index in [4.69, 9.17) is 10.5 Å². The monoisotopic (exact) mass is 571 g/mol. The number of rotatable bonds is 11. The van der Waals surface area contributed by atoms with E-state index in [-0.39, 0.29) is 5.91 Å². The number of H-pyrrole nitrogens is 1. The maximum absolute atomic E-state index is 13.5. The van der Waals surface area contributed by atoms with E-state index >= 15 is 0 Å². The highest BCUT2D eigenvalue weighted by Crippen LogP contribution is 2.27. The average molecular weight is 572 g/mol. The normalized spacial score (nSPS) is 12.6. The molecule has 9 heteroatoms. The minimum Gasteiger partial charge on any atom is -0.497 e. The summed E-state index contributed by atoms with van der Waals surface area (Å²) in [6.45, 7) is 0.466. The molecule has 0 saturated heterocycles. The molecule has 216 valence electrons. The largest absolute Gasteiger partial charge is 0.497 e. The SMILES string of the molecule is COc1ccc(Cn2c([C@@H](N)Cc3ccccc3)nnc2[C@@H](Cc2c[nH]c3ccccc23)NC(=O)c2ccccn2)cc1. The van der Waals surface area contributed by atoms with Crippen molar-refractivity contribution in [1.29, 1.82) is 0 Å². The summed E-state index contributed by atoms with van der Waals surface area (Å²) in [5.74, 6) is 1.74. The van der Waals surface area contributed by atoms with Crippen molar-refractivity contribution in [2.24, 2.45) is 5.73 Å². The Hall–Kier alpha value is -5.28. The van der Waals surface area contributed by atoms with Crippen molar-refractivity contribution in [2.45, 2.75) is 31.5 Å². The number of amides is 1. The first-order valence-electron chi connectivity index (χ1n) is 14.2. The van der Waals surface area contributed by atoms with Crippen LogP contribution in [0.1, 0.15) is 50.9 Å². The molecule has 4 N–H and O–H groups in total. The summed E-state index contributed by atoms with van der Waals surface area (Å²) in [5.41, 5.74) is 11.3. The molecule has 3 heterocycles. The maximum atomic E-state index is 13.5. The fourth-order valence-electron chi connectivity index (χ4n) is 5.35. The smallest absolute Gasteiger partial charge is 0.270 e. The Bertz CT molecular complexity index is 1800. The minimum atomic E-state index is -0.517. The molecule has 6 aromatic rings. The van der Waals surface area contributed by atoms with E-state index in [1.807, 2.05) is 71.4 Å². The van der Waals surface area contributed by atoms with Gasteiger partial charge < -0.3 is 25.3 Å². The van der Waals surface area contributed by atoms with Crippen LogP contribution < -0.4 is 15.8 Å². The molecule has 0 fully saturated rings. The van der Waals surface area contributed by atoms with Gasteiger partial charge >= 0.3 is 0 Å². The number of benzene rings is 3. The molecule has 6 rings (SSSR count). The van der Waals surface area contributed by atoms with Gasteiger partial charge in [0.15, 0.2) is 11.6 Å². The number of fused-ring (bicyclic) bond motifs is 1. The number of pyridine rings is 1. The quantitative estimate of drug-likeness (QED) is 0.197. The lowest BCUT2D eigenvalue weighted by Crippen LogP contribution is -2.33. The Labute approximate surface area is 249 Å². The molecule has 1 amide bonds. The second-order valence-corrected chi connectivity index (χ2v) is 10.5. The van der Waals surface area contributed by atoms with Crippen molar-refractivity contribution >= 4 is 16.8 Å². The number of hydrogen-bond donors (Lipinski definition) is 3. The molecule has 0 saturated carbocycles. The third-order valence-electron chi connectivity index (χ3n) is 7.55. The van der Waals surface area contributed by atoms with Crippen LogP contribution in [0, 0.1) is 0 Å². The van der Waals surface area contributed by atoms with Crippen LogP contribution >= 0.6 is 0 Å². The van der Waals surface area contributed by atoms with Gasteiger partial charge in [-0.05, 0) is 53.4 Å². The standard InChI is InChI=1S/C34H33N7O2/c1-43-26-16-14-24(15-17-26)22-41-32(28(35)19-23-9-3-2-4-10-23)39-40-33(41)31(38-34(42)30-13-7-8-18-36-30)20-25-21-37-29-12-6-5-11-27(25)29/h2-18,21,28,31,37H,19-20,22,35H2,1H3,(H,38,42)/t28-,31+/m0/s1. The summed E-state index contributed by atoms with van der Waals surface area (Å²) in [7, 11) is 1.65. The zero-order valence-electron chi connectivity index (χ0n) is 23.9. The molecule has 9 nitrogen and oxygen atoms in total. The van der Waals surface area contributed by atoms with Gasteiger partial charge in [0.05, 0.1) is 25.7 Å². The number of nitrogens with zero attached hydrogens (tertiary/aromatic N) is 4. The number of hydrogen-bond acceptors (Lipinski definition) is 6. The lowest BCUT2D eigenvalue weighted by Gasteiger charge is -2.21. The third-order valence-corrected chi connectivity index (χ3v) is 7.55. The Balaban J connectivity index is 1.41. The van der Waals surface area contributed by atoms with Crippen molar-refractivity contribution < 1.29 is 9.53 Å². The van der Waals surface area contributed by atoms with Gasteiger partial charge in [-0.3, -0.25) is 9.78 Å². The number of methoxy groups -OCH3 is 1. The second kappa shape index (κ2) is 12.7. The number of ether oxygens (including phenoxy) is 1. The lowest BCUT2D eigenvalue weighted by molar-refractivity contribution is 0.0929. The Morgan fingerprint density at radius 3 is 2.40 bits per heavy atom. The van der Waals surface area contributed by atoms with Gasteiger partial charge in [0.25, 0.3) is 5.91 Å². The van der Waals surface area contributed by atoms with Crippen molar-refractivity contribution in [2.75, 3.05) is 7.11 Å². The fourth-order valence-corrected chi connectivity index (χ4v) is 5.35. The first-order valence-corrected chi connectivity index (χ1v) is 14.2. The summed E-state index contributed by atoms with van der Waals surface area (Å²) in [5, 5.41) is 13.6. The maximum Gasteiger partial charge on any atom is 0.270 e. The van der Waals surface area contributed by atoms with Crippen molar-refractivity contribution in [1.82, 2.24) is 30.0 Å². The van der Waals surface area contributed by atoms with E-state index in [9.17, 15) is 4.79 Å². The summed E-state index contributed by atoms with van der Waals surface area (Å²) < 4.78 is 7.40. The highest BCUT2D eigenvalue weighted by molar-refractivity contribution is 5.92. The third kappa shape index (κ3) is 6.32. The zero-order valence-corrected chi connectivity index (χ0v) is 23.9. The van der Waals surface area contributed by atoms with E-state index in [2.05, 4.69) is 43.7 Å². The Kier molecular flexibility index (Phi) is 8.24. The van der Waals surface area contributed by atoms with Gasteiger partial charge in [-0.15, -0.1) is 10.2 Å². The minimum absolute atomic E-state index is 0.292.